The molecule has 0 unspecified atom stereocenters. The molecule has 0 aromatic carbocycles. The Morgan fingerprint density at radius 2 is 1.80 bits per heavy atom. The number of esters is 1. The van der Waals surface area contributed by atoms with Crippen molar-refractivity contribution in [3.63, 3.8) is 0 Å². The molecule has 0 aromatic rings. The Morgan fingerprint density at radius 1 is 1.13 bits per heavy atom. The van der Waals surface area contributed by atoms with Gasteiger partial charge in [0.2, 0.25) is 0 Å². The van der Waals surface area contributed by atoms with Crippen LogP contribution >= 0.6 is 0 Å². The van der Waals surface area contributed by atoms with Crippen molar-refractivity contribution in [3.8, 4) is 0 Å². The molecular formula is C12H22O3. The quantitative estimate of drug-likeness (QED) is 0.364. The molecule has 0 spiro atoms. The molecule has 3 heteroatoms. The van der Waals surface area contributed by atoms with E-state index in [-0.39, 0.29) is 12.6 Å². The van der Waals surface area contributed by atoms with Gasteiger partial charge in [-0.1, -0.05) is 31.4 Å². The summed E-state index contributed by atoms with van der Waals surface area (Å²) in [7, 11) is 1.43. The molecule has 0 saturated carbocycles. The first-order valence-corrected chi connectivity index (χ1v) is 5.64. The number of methoxy groups -OCH3 is 1. The van der Waals surface area contributed by atoms with E-state index in [9.17, 15) is 4.79 Å². The van der Waals surface area contributed by atoms with Crippen LogP contribution in [0.15, 0.2) is 12.2 Å². The van der Waals surface area contributed by atoms with Gasteiger partial charge in [0.15, 0.2) is 0 Å². The fraction of sp³-hybridized carbons (Fsp3) is 0.750. The molecule has 0 fully saturated rings. The van der Waals surface area contributed by atoms with E-state index in [1.807, 2.05) is 6.08 Å². The molecule has 0 saturated heterocycles. The lowest BCUT2D eigenvalue weighted by Crippen LogP contribution is -1.99. The lowest BCUT2D eigenvalue weighted by molar-refractivity contribution is -0.140. The molecule has 0 heterocycles. The van der Waals surface area contributed by atoms with Crippen LogP contribution in [0.5, 0.6) is 0 Å². The first kappa shape index (κ1) is 14.2. The van der Waals surface area contributed by atoms with Crippen LogP contribution in [0.4, 0.5) is 0 Å². The van der Waals surface area contributed by atoms with Crippen molar-refractivity contribution >= 4 is 5.97 Å². The summed E-state index contributed by atoms with van der Waals surface area (Å²) in [5.41, 5.74) is 0. The van der Waals surface area contributed by atoms with Crippen LogP contribution in [-0.2, 0) is 9.53 Å². The minimum Gasteiger partial charge on any atom is -0.469 e. The summed E-state index contributed by atoms with van der Waals surface area (Å²) < 4.78 is 4.55. The fourth-order valence-electron chi connectivity index (χ4n) is 1.36. The van der Waals surface area contributed by atoms with Gasteiger partial charge in [0, 0.05) is 6.42 Å². The molecule has 3 nitrogen and oxygen atoms in total. The first-order chi connectivity index (χ1) is 7.31. The monoisotopic (exact) mass is 214 g/mol. The van der Waals surface area contributed by atoms with Crippen molar-refractivity contribution < 1.29 is 14.6 Å². The van der Waals surface area contributed by atoms with E-state index in [0.717, 1.165) is 25.7 Å². The number of hydrogen-bond acceptors (Lipinski definition) is 3. The minimum atomic E-state index is -0.110. The predicted molar refractivity (Wildman–Crippen MR) is 60.6 cm³/mol. The topological polar surface area (TPSA) is 46.5 Å². The molecule has 0 radical (unpaired) electrons. The van der Waals surface area contributed by atoms with E-state index in [1.54, 1.807) is 6.08 Å². The number of hydrogen-bond donors (Lipinski definition) is 1. The Hall–Kier alpha value is -0.830. The van der Waals surface area contributed by atoms with Crippen LogP contribution in [0.25, 0.3) is 0 Å². The Kier molecular flexibility index (Phi) is 10.6. The van der Waals surface area contributed by atoms with Crippen LogP contribution in [0.1, 0.15) is 44.9 Å². The number of aliphatic hydroxyl groups is 1. The second kappa shape index (κ2) is 11.2. The van der Waals surface area contributed by atoms with Crippen LogP contribution in [-0.4, -0.2) is 24.8 Å². The van der Waals surface area contributed by atoms with Gasteiger partial charge in [-0.3, -0.25) is 4.79 Å². The van der Waals surface area contributed by atoms with Gasteiger partial charge >= 0.3 is 5.97 Å². The lowest BCUT2D eigenvalue weighted by Gasteiger charge is -1.99. The minimum absolute atomic E-state index is 0.110. The maximum atomic E-state index is 10.8. The van der Waals surface area contributed by atoms with Crippen LogP contribution in [0.2, 0.25) is 0 Å². The SMILES string of the molecule is COC(=O)CCCCCCC/C=C/CO. The van der Waals surface area contributed by atoms with Crippen molar-refractivity contribution in [2.75, 3.05) is 13.7 Å². The highest BCUT2D eigenvalue weighted by Crippen LogP contribution is 2.07. The number of aliphatic hydroxyl groups excluding tert-OH is 1. The maximum absolute atomic E-state index is 10.8. The van der Waals surface area contributed by atoms with E-state index in [0.29, 0.717) is 6.42 Å². The number of carbonyl (C=O) groups excluding carboxylic acids is 1. The van der Waals surface area contributed by atoms with Gasteiger partial charge in [-0.2, -0.15) is 0 Å². The van der Waals surface area contributed by atoms with Crippen molar-refractivity contribution in [1.29, 1.82) is 0 Å². The maximum Gasteiger partial charge on any atom is 0.305 e. The Bertz CT molecular complexity index is 176. The summed E-state index contributed by atoms with van der Waals surface area (Å²) in [6.45, 7) is 0.138. The van der Waals surface area contributed by atoms with Gasteiger partial charge in [0.1, 0.15) is 0 Å². The highest BCUT2D eigenvalue weighted by molar-refractivity contribution is 5.68. The molecule has 0 aromatic heterocycles. The summed E-state index contributed by atoms with van der Waals surface area (Å²) >= 11 is 0. The molecule has 0 aliphatic heterocycles. The zero-order chi connectivity index (χ0) is 11.4. The standard InChI is InChI=1S/C12H22O3/c1-15-12(14)10-8-6-4-2-3-5-7-9-11-13/h7,9,13H,2-6,8,10-11H2,1H3/b9-7+. The van der Waals surface area contributed by atoms with Gasteiger partial charge in [-0.05, 0) is 19.3 Å². The zero-order valence-electron chi connectivity index (χ0n) is 9.58. The molecule has 88 valence electrons. The molecule has 0 amide bonds. The highest BCUT2D eigenvalue weighted by Gasteiger charge is 1.98. The lowest BCUT2D eigenvalue weighted by atomic mass is 10.1. The molecule has 0 bridgehead atoms. The Balaban J connectivity index is 3.05. The van der Waals surface area contributed by atoms with E-state index in [4.69, 9.17) is 5.11 Å². The summed E-state index contributed by atoms with van der Waals surface area (Å²) in [6.07, 6.45) is 10.9. The molecule has 0 aliphatic carbocycles. The van der Waals surface area contributed by atoms with Crippen molar-refractivity contribution in [2.45, 2.75) is 44.9 Å². The zero-order valence-corrected chi connectivity index (χ0v) is 9.58. The molecule has 0 rings (SSSR count). The third-order valence-corrected chi connectivity index (χ3v) is 2.25. The van der Waals surface area contributed by atoms with Crippen molar-refractivity contribution in [1.82, 2.24) is 0 Å². The molecule has 1 N–H and O–H groups in total. The van der Waals surface area contributed by atoms with Crippen LogP contribution in [0.3, 0.4) is 0 Å². The van der Waals surface area contributed by atoms with E-state index in [2.05, 4.69) is 4.74 Å². The summed E-state index contributed by atoms with van der Waals surface area (Å²) in [4.78, 5) is 10.8. The number of rotatable bonds is 9. The van der Waals surface area contributed by atoms with Gasteiger partial charge in [-0.25, -0.2) is 0 Å². The van der Waals surface area contributed by atoms with E-state index < -0.39 is 0 Å². The normalized spacial score (nSPS) is 10.8. The van der Waals surface area contributed by atoms with E-state index in [1.165, 1.54) is 20.0 Å². The molecule has 0 atom stereocenters. The summed E-state index contributed by atoms with van der Waals surface area (Å²) in [5, 5.41) is 8.48. The second-order valence-electron chi connectivity index (χ2n) is 3.54. The smallest absolute Gasteiger partial charge is 0.305 e. The second-order valence-corrected chi connectivity index (χ2v) is 3.54. The van der Waals surface area contributed by atoms with Gasteiger partial charge < -0.3 is 9.84 Å². The van der Waals surface area contributed by atoms with Gasteiger partial charge in [0.25, 0.3) is 0 Å². The number of carbonyl (C=O) groups is 1. The third-order valence-electron chi connectivity index (χ3n) is 2.25. The fourth-order valence-corrected chi connectivity index (χ4v) is 1.36. The summed E-state index contributed by atoms with van der Waals surface area (Å²) in [6, 6.07) is 0. The third kappa shape index (κ3) is 11.1. The number of allylic oxidation sites excluding steroid dienone is 1. The Morgan fingerprint density at radius 3 is 2.47 bits per heavy atom. The number of ether oxygens (including phenoxy) is 1. The average Bonchev–Trinajstić information content (AvgIpc) is 2.26. The largest absolute Gasteiger partial charge is 0.469 e. The van der Waals surface area contributed by atoms with Gasteiger partial charge in [-0.15, -0.1) is 0 Å². The molecular weight excluding hydrogens is 192 g/mol. The van der Waals surface area contributed by atoms with Crippen LogP contribution < -0.4 is 0 Å². The van der Waals surface area contributed by atoms with E-state index >= 15 is 0 Å². The Labute approximate surface area is 92.1 Å². The van der Waals surface area contributed by atoms with Crippen molar-refractivity contribution in [2.24, 2.45) is 0 Å². The molecule has 15 heavy (non-hydrogen) atoms. The summed E-state index contributed by atoms with van der Waals surface area (Å²) in [5.74, 6) is -0.110. The van der Waals surface area contributed by atoms with Gasteiger partial charge in [0.05, 0.1) is 13.7 Å². The predicted octanol–water partition coefficient (Wildman–Crippen LogP) is 2.44. The van der Waals surface area contributed by atoms with Crippen LogP contribution in [0, 0.1) is 0 Å². The molecule has 0 aliphatic rings. The number of unbranched alkanes of at least 4 members (excludes halogenated alkanes) is 5. The van der Waals surface area contributed by atoms with Crippen molar-refractivity contribution in [3.05, 3.63) is 12.2 Å². The highest BCUT2D eigenvalue weighted by atomic mass is 16.5. The average molecular weight is 214 g/mol. The first-order valence-electron chi connectivity index (χ1n) is 5.64.